The van der Waals surface area contributed by atoms with Crippen molar-refractivity contribution in [2.24, 2.45) is 0 Å². The SMILES string of the molecule is O=S1(=O)c2ccc(-n3c4ccccc4c4ccccc43)cc2Oc2cc(-n3c4ccccc4c4ccccc43)ccc21. The van der Waals surface area contributed by atoms with Gasteiger partial charge in [0.05, 0.1) is 22.1 Å². The number of sulfone groups is 1. The summed E-state index contributed by atoms with van der Waals surface area (Å²) in [5.74, 6) is 0.641. The first-order chi connectivity index (χ1) is 20.6. The van der Waals surface area contributed by atoms with Gasteiger partial charge in [0.15, 0.2) is 0 Å². The van der Waals surface area contributed by atoms with Gasteiger partial charge in [0.25, 0.3) is 0 Å². The number of nitrogens with zero attached hydrogens (tertiary/aromatic N) is 2. The number of para-hydroxylation sites is 4. The van der Waals surface area contributed by atoms with E-state index in [1.165, 1.54) is 0 Å². The second-order valence-corrected chi connectivity index (χ2v) is 12.5. The van der Waals surface area contributed by atoms with Gasteiger partial charge in [-0.3, -0.25) is 0 Å². The highest BCUT2D eigenvalue weighted by Gasteiger charge is 2.32. The first-order valence-corrected chi connectivity index (χ1v) is 15.3. The summed E-state index contributed by atoms with van der Waals surface area (Å²) in [5, 5.41) is 4.56. The monoisotopic (exact) mass is 562 g/mol. The van der Waals surface area contributed by atoms with Crippen molar-refractivity contribution in [3.63, 3.8) is 0 Å². The molecule has 0 amide bonds. The zero-order valence-electron chi connectivity index (χ0n) is 22.2. The van der Waals surface area contributed by atoms with E-state index in [2.05, 4.69) is 57.7 Å². The van der Waals surface area contributed by atoms with E-state index < -0.39 is 9.84 Å². The van der Waals surface area contributed by atoms with E-state index in [1.54, 1.807) is 12.1 Å². The lowest BCUT2D eigenvalue weighted by Crippen LogP contribution is -2.12. The molecule has 200 valence electrons. The molecule has 0 fully saturated rings. The smallest absolute Gasteiger partial charge is 0.213 e. The zero-order chi connectivity index (χ0) is 28.0. The van der Waals surface area contributed by atoms with Gasteiger partial charge in [-0.05, 0) is 48.5 Å². The van der Waals surface area contributed by atoms with Gasteiger partial charge in [-0.1, -0.05) is 72.8 Å². The van der Waals surface area contributed by atoms with Crippen LogP contribution in [-0.4, -0.2) is 17.6 Å². The molecule has 0 saturated heterocycles. The molecule has 8 aromatic rings. The Morgan fingerprint density at radius 1 is 0.429 bits per heavy atom. The van der Waals surface area contributed by atoms with E-state index >= 15 is 0 Å². The van der Waals surface area contributed by atoms with Gasteiger partial charge in [-0.15, -0.1) is 0 Å². The van der Waals surface area contributed by atoms with E-state index in [4.69, 9.17) is 4.74 Å². The van der Waals surface area contributed by atoms with Gasteiger partial charge >= 0.3 is 0 Å². The van der Waals surface area contributed by atoms with Gasteiger partial charge in [0.2, 0.25) is 9.84 Å². The topological polar surface area (TPSA) is 53.2 Å². The van der Waals surface area contributed by atoms with Crippen molar-refractivity contribution in [3.8, 4) is 22.9 Å². The van der Waals surface area contributed by atoms with Crippen LogP contribution < -0.4 is 4.74 Å². The molecule has 5 nitrogen and oxygen atoms in total. The maximum atomic E-state index is 13.8. The van der Waals surface area contributed by atoms with Crippen molar-refractivity contribution in [1.82, 2.24) is 9.13 Å². The molecule has 1 aliphatic rings. The van der Waals surface area contributed by atoms with Gasteiger partial charge in [0.1, 0.15) is 21.3 Å². The van der Waals surface area contributed by atoms with Crippen LogP contribution in [0.1, 0.15) is 0 Å². The van der Waals surface area contributed by atoms with Crippen LogP contribution in [0.3, 0.4) is 0 Å². The first-order valence-electron chi connectivity index (χ1n) is 13.8. The number of aromatic nitrogens is 2. The minimum atomic E-state index is -3.79. The molecule has 0 bridgehead atoms. The third kappa shape index (κ3) is 3.10. The second-order valence-electron chi connectivity index (χ2n) is 10.6. The average molecular weight is 563 g/mol. The van der Waals surface area contributed by atoms with Gasteiger partial charge < -0.3 is 13.9 Å². The summed E-state index contributed by atoms with van der Waals surface area (Å²) >= 11 is 0. The predicted molar refractivity (Wildman–Crippen MR) is 167 cm³/mol. The Hall–Kier alpha value is -5.33. The van der Waals surface area contributed by atoms with E-state index in [0.29, 0.717) is 11.5 Å². The number of rotatable bonds is 2. The zero-order valence-corrected chi connectivity index (χ0v) is 23.0. The van der Waals surface area contributed by atoms with Crippen LogP contribution in [0.2, 0.25) is 0 Å². The summed E-state index contributed by atoms with van der Waals surface area (Å²) < 4.78 is 38.4. The molecular formula is C36H22N2O3S. The van der Waals surface area contributed by atoms with Crippen LogP contribution in [-0.2, 0) is 9.84 Å². The molecular weight excluding hydrogens is 540 g/mol. The Balaban J connectivity index is 1.24. The standard InChI is InChI=1S/C36H22N2O3S/c39-42(40)35-19-17-23(37-29-13-5-1-9-25(29)26-10-2-6-14-30(26)37)21-33(35)41-34-22-24(18-20-36(34)42)38-31-15-7-3-11-27(31)28-12-4-8-16-32(28)38/h1-22H. The van der Waals surface area contributed by atoms with Crippen LogP contribution in [0.15, 0.2) is 143 Å². The van der Waals surface area contributed by atoms with E-state index in [-0.39, 0.29) is 9.79 Å². The lowest BCUT2D eigenvalue weighted by molar-refractivity contribution is 0.442. The predicted octanol–water partition coefficient (Wildman–Crippen LogP) is 8.82. The molecule has 0 N–H and O–H groups in total. The van der Waals surface area contributed by atoms with E-state index in [1.807, 2.05) is 72.8 Å². The first kappa shape index (κ1) is 23.4. The minimum Gasteiger partial charge on any atom is -0.454 e. The van der Waals surface area contributed by atoms with Crippen LogP contribution in [0, 0.1) is 0 Å². The molecule has 0 saturated carbocycles. The molecule has 9 rings (SSSR count). The molecule has 1 aliphatic heterocycles. The number of hydrogen-bond acceptors (Lipinski definition) is 3. The number of hydrogen-bond donors (Lipinski definition) is 0. The molecule has 0 atom stereocenters. The number of ether oxygens (including phenoxy) is 1. The third-order valence-corrected chi connectivity index (χ3v) is 10.2. The fourth-order valence-corrected chi connectivity index (χ4v) is 7.98. The van der Waals surface area contributed by atoms with E-state index in [0.717, 1.165) is 55.0 Å². The lowest BCUT2D eigenvalue weighted by Gasteiger charge is -2.22. The quantitative estimate of drug-likeness (QED) is 0.212. The third-order valence-electron chi connectivity index (χ3n) is 8.33. The number of benzene rings is 6. The molecule has 2 aromatic heterocycles. The fraction of sp³-hybridized carbons (Fsp3) is 0. The van der Waals surface area contributed by atoms with Gasteiger partial charge in [0, 0.05) is 45.1 Å². The summed E-state index contributed by atoms with van der Waals surface area (Å²) in [4.78, 5) is 0.341. The van der Waals surface area contributed by atoms with Crippen molar-refractivity contribution in [3.05, 3.63) is 133 Å². The largest absolute Gasteiger partial charge is 0.454 e. The van der Waals surface area contributed by atoms with Crippen LogP contribution in [0.25, 0.3) is 55.0 Å². The lowest BCUT2D eigenvalue weighted by atomic mass is 10.2. The summed E-state index contributed by atoms with van der Waals surface area (Å²) in [6, 6.07) is 43.7. The molecule has 0 radical (unpaired) electrons. The minimum absolute atomic E-state index is 0.170. The molecule has 6 heteroatoms. The fourth-order valence-electron chi connectivity index (χ4n) is 6.51. The van der Waals surface area contributed by atoms with Crippen LogP contribution >= 0.6 is 0 Å². The highest BCUT2D eigenvalue weighted by Crippen LogP contribution is 2.45. The maximum Gasteiger partial charge on any atom is 0.213 e. The van der Waals surface area contributed by atoms with Crippen molar-refractivity contribution in [1.29, 1.82) is 0 Å². The average Bonchev–Trinajstić information content (AvgIpc) is 3.54. The van der Waals surface area contributed by atoms with Crippen molar-refractivity contribution < 1.29 is 13.2 Å². The van der Waals surface area contributed by atoms with Gasteiger partial charge in [-0.25, -0.2) is 8.42 Å². The van der Waals surface area contributed by atoms with Gasteiger partial charge in [-0.2, -0.15) is 0 Å². The summed E-state index contributed by atoms with van der Waals surface area (Å²) in [6.45, 7) is 0. The summed E-state index contributed by atoms with van der Waals surface area (Å²) in [6.07, 6.45) is 0. The molecule has 6 aromatic carbocycles. The molecule has 0 unspecified atom stereocenters. The maximum absolute atomic E-state index is 13.8. The Kier molecular flexibility index (Phi) is 4.65. The highest BCUT2D eigenvalue weighted by molar-refractivity contribution is 7.91. The Bertz CT molecular complexity index is 2250. The Morgan fingerprint density at radius 2 is 0.762 bits per heavy atom. The van der Waals surface area contributed by atoms with Crippen molar-refractivity contribution >= 4 is 53.4 Å². The molecule has 42 heavy (non-hydrogen) atoms. The molecule has 0 spiro atoms. The molecule has 0 aliphatic carbocycles. The Morgan fingerprint density at radius 3 is 1.12 bits per heavy atom. The second kappa shape index (κ2) is 8.35. The molecule has 3 heterocycles. The summed E-state index contributed by atoms with van der Waals surface area (Å²) in [5.41, 5.74) is 5.86. The normalized spacial score (nSPS) is 13.8. The highest BCUT2D eigenvalue weighted by atomic mass is 32.2. The van der Waals surface area contributed by atoms with Crippen LogP contribution in [0.5, 0.6) is 11.5 Å². The van der Waals surface area contributed by atoms with Crippen molar-refractivity contribution in [2.45, 2.75) is 9.79 Å². The number of fused-ring (bicyclic) bond motifs is 8. The summed E-state index contributed by atoms with van der Waals surface area (Å²) in [7, 11) is -3.79. The Labute approximate surface area is 241 Å². The van der Waals surface area contributed by atoms with Crippen LogP contribution in [0.4, 0.5) is 0 Å². The van der Waals surface area contributed by atoms with E-state index in [9.17, 15) is 8.42 Å². The van der Waals surface area contributed by atoms with Crippen molar-refractivity contribution in [2.75, 3.05) is 0 Å².